The molecule has 142 valence electrons. The van der Waals surface area contributed by atoms with Crippen molar-refractivity contribution in [3.63, 3.8) is 0 Å². The van der Waals surface area contributed by atoms with Gasteiger partial charge in [-0.05, 0) is 6.92 Å². The molecular formula is C10H13N2O11P2-3. The lowest BCUT2D eigenvalue weighted by Gasteiger charge is -2.35. The number of nitrogens with one attached hydrogen (secondary N) is 1. The molecule has 1 aromatic heterocycles. The van der Waals surface area contributed by atoms with Gasteiger partial charge < -0.3 is 33.6 Å². The highest BCUT2D eigenvalue weighted by Gasteiger charge is 2.36. The van der Waals surface area contributed by atoms with E-state index >= 15 is 0 Å². The maximum absolute atomic E-state index is 11.8. The maximum Gasteiger partial charge on any atom is 0.330 e. The molecule has 0 radical (unpaired) electrons. The van der Waals surface area contributed by atoms with E-state index < -0.39 is 51.9 Å². The van der Waals surface area contributed by atoms with Crippen molar-refractivity contribution >= 4 is 15.6 Å². The monoisotopic (exact) mass is 399 g/mol. The van der Waals surface area contributed by atoms with E-state index in [-0.39, 0.29) is 12.0 Å². The standard InChI is InChI=1S/C10H16N2O11P2/c1-5-3-12(10(15)11-9(5)14)8-2-6(13)7(22-8)4-21-25(19,20)23-24(16,17)18/h3,6-8,13H,2,4H2,1H3,(H,19,20)(H,11,14,15)(H2,16,17,18)/p-3/t6-,7+,8+/m0/s1. The Morgan fingerprint density at radius 2 is 2.04 bits per heavy atom. The summed E-state index contributed by atoms with van der Waals surface area (Å²) in [6.45, 7) is 0.589. The molecule has 13 nitrogen and oxygen atoms in total. The van der Waals surface area contributed by atoms with Gasteiger partial charge in [-0.2, -0.15) is 0 Å². The van der Waals surface area contributed by atoms with E-state index in [1.807, 2.05) is 4.98 Å². The molecule has 1 saturated heterocycles. The number of aliphatic hydroxyl groups is 1. The SMILES string of the molecule is Cc1cn([C@H]2C[C@H](O)[C@@H](COP(=O)([O-])OP(=O)([O-])[O-])O2)c(=O)[nH]c1=O. The third-order valence-corrected chi connectivity index (χ3v) is 5.32. The fourth-order valence-corrected chi connectivity index (χ4v) is 3.64. The summed E-state index contributed by atoms with van der Waals surface area (Å²) in [6.07, 6.45) is -2.48. The number of hydrogen-bond donors (Lipinski definition) is 2. The average molecular weight is 399 g/mol. The molecule has 1 aromatic rings. The van der Waals surface area contributed by atoms with Crippen LogP contribution in [0.2, 0.25) is 0 Å². The van der Waals surface area contributed by atoms with Crippen LogP contribution in [0.1, 0.15) is 18.2 Å². The van der Waals surface area contributed by atoms with Crippen LogP contribution >= 0.6 is 15.6 Å². The van der Waals surface area contributed by atoms with Crippen LogP contribution in [-0.4, -0.2) is 33.5 Å². The van der Waals surface area contributed by atoms with E-state index in [2.05, 4.69) is 8.83 Å². The van der Waals surface area contributed by atoms with Crippen LogP contribution in [0.4, 0.5) is 0 Å². The van der Waals surface area contributed by atoms with Gasteiger partial charge in [-0.15, -0.1) is 0 Å². The van der Waals surface area contributed by atoms with E-state index in [0.717, 1.165) is 4.57 Å². The number of aliphatic hydroxyl groups excluding tert-OH is 1. The van der Waals surface area contributed by atoms with Gasteiger partial charge in [0.15, 0.2) is 0 Å². The lowest BCUT2D eigenvalue weighted by molar-refractivity contribution is -0.339. The number of nitrogens with zero attached hydrogens (tertiary/aromatic N) is 1. The first-order valence-corrected chi connectivity index (χ1v) is 9.65. The lowest BCUT2D eigenvalue weighted by Crippen LogP contribution is -2.33. The number of phosphoric ester groups is 1. The van der Waals surface area contributed by atoms with Gasteiger partial charge in [0.05, 0.1) is 20.5 Å². The zero-order chi connectivity index (χ0) is 19.0. The summed E-state index contributed by atoms with van der Waals surface area (Å²) in [5.41, 5.74) is -1.19. The molecule has 25 heavy (non-hydrogen) atoms. The largest absolute Gasteiger partial charge is 0.790 e. The molecule has 1 unspecified atom stereocenters. The molecule has 4 atom stereocenters. The Morgan fingerprint density at radius 3 is 2.64 bits per heavy atom. The number of hydrogen-bond acceptors (Lipinski definition) is 11. The normalized spacial score (nSPS) is 26.5. The van der Waals surface area contributed by atoms with E-state index in [0.29, 0.717) is 0 Å². The van der Waals surface area contributed by atoms with E-state index in [1.165, 1.54) is 13.1 Å². The zero-order valence-electron chi connectivity index (χ0n) is 12.6. The van der Waals surface area contributed by atoms with Crippen molar-refractivity contribution in [3.05, 3.63) is 32.6 Å². The lowest BCUT2D eigenvalue weighted by atomic mass is 10.2. The Kier molecular flexibility index (Phi) is 5.84. The molecule has 0 aliphatic carbocycles. The molecule has 1 fully saturated rings. The van der Waals surface area contributed by atoms with E-state index in [1.54, 1.807) is 0 Å². The molecule has 2 rings (SSSR count). The number of H-pyrrole nitrogens is 1. The summed E-state index contributed by atoms with van der Waals surface area (Å²) in [5, 5.41) is 9.86. The summed E-state index contributed by atoms with van der Waals surface area (Å²) >= 11 is 0. The highest BCUT2D eigenvalue weighted by molar-refractivity contribution is 7.58. The van der Waals surface area contributed by atoms with Gasteiger partial charge in [-0.3, -0.25) is 23.2 Å². The summed E-state index contributed by atoms with van der Waals surface area (Å²) in [4.78, 5) is 56.9. The van der Waals surface area contributed by atoms with Crippen LogP contribution in [0.3, 0.4) is 0 Å². The number of aromatic nitrogens is 2. The van der Waals surface area contributed by atoms with Crippen LogP contribution in [0.5, 0.6) is 0 Å². The summed E-state index contributed by atoms with van der Waals surface area (Å²) < 4.78 is 35.2. The van der Waals surface area contributed by atoms with Crippen molar-refractivity contribution < 1.29 is 42.5 Å². The molecular weight excluding hydrogens is 386 g/mol. The number of rotatable bonds is 6. The van der Waals surface area contributed by atoms with Crippen LogP contribution in [-0.2, 0) is 22.7 Å². The molecule has 2 heterocycles. The third kappa shape index (κ3) is 5.42. The second-order valence-corrected chi connectivity index (χ2v) is 7.88. The fourth-order valence-electron chi connectivity index (χ4n) is 2.15. The Labute approximate surface area is 139 Å². The first kappa shape index (κ1) is 20.2. The minimum Gasteiger partial charge on any atom is -0.790 e. The minimum absolute atomic E-state index is 0.134. The van der Waals surface area contributed by atoms with E-state index in [4.69, 9.17) is 4.74 Å². The van der Waals surface area contributed by atoms with Gasteiger partial charge in [0.1, 0.15) is 12.3 Å². The Bertz CT molecular complexity index is 842. The summed E-state index contributed by atoms with van der Waals surface area (Å²) in [7, 11) is -11.3. The average Bonchev–Trinajstić information content (AvgIpc) is 2.79. The molecule has 1 aliphatic heterocycles. The molecule has 0 bridgehead atoms. The quantitative estimate of drug-likeness (QED) is 0.456. The van der Waals surface area contributed by atoms with Crippen molar-refractivity contribution in [2.75, 3.05) is 6.61 Å². The second-order valence-electron chi connectivity index (χ2n) is 5.18. The highest BCUT2D eigenvalue weighted by atomic mass is 31.3. The van der Waals surface area contributed by atoms with Crippen molar-refractivity contribution in [1.29, 1.82) is 0 Å². The first-order chi connectivity index (χ1) is 11.4. The fraction of sp³-hybridized carbons (Fsp3) is 0.600. The number of aromatic amines is 1. The highest BCUT2D eigenvalue weighted by Crippen LogP contribution is 2.50. The summed E-state index contributed by atoms with van der Waals surface area (Å²) in [6, 6.07) is 0. The number of phosphoric acid groups is 2. The Hall–Kier alpha value is -1.14. The summed E-state index contributed by atoms with van der Waals surface area (Å²) in [5.74, 6) is 0. The molecule has 2 N–H and O–H groups in total. The maximum atomic E-state index is 11.8. The second kappa shape index (κ2) is 7.23. The molecule has 15 heteroatoms. The van der Waals surface area contributed by atoms with Crippen molar-refractivity contribution in [2.24, 2.45) is 0 Å². The molecule has 1 aliphatic rings. The van der Waals surface area contributed by atoms with Gasteiger partial charge >= 0.3 is 5.69 Å². The third-order valence-electron chi connectivity index (χ3n) is 3.26. The molecule has 0 saturated carbocycles. The van der Waals surface area contributed by atoms with Crippen LogP contribution in [0, 0.1) is 6.92 Å². The van der Waals surface area contributed by atoms with Crippen molar-refractivity contribution in [1.82, 2.24) is 9.55 Å². The van der Waals surface area contributed by atoms with Crippen LogP contribution < -0.4 is 25.9 Å². The van der Waals surface area contributed by atoms with Crippen molar-refractivity contribution in [2.45, 2.75) is 31.8 Å². The van der Waals surface area contributed by atoms with Gasteiger partial charge in [0, 0.05) is 18.2 Å². The van der Waals surface area contributed by atoms with Gasteiger partial charge in [0.25, 0.3) is 13.4 Å². The Balaban J connectivity index is 2.06. The number of aryl methyl sites for hydroxylation is 1. The van der Waals surface area contributed by atoms with E-state index in [9.17, 15) is 38.5 Å². The predicted octanol–water partition coefficient (Wildman–Crippen LogP) is -3.18. The minimum atomic E-state index is -5.82. The van der Waals surface area contributed by atoms with Crippen molar-refractivity contribution in [3.8, 4) is 0 Å². The molecule has 0 aromatic carbocycles. The van der Waals surface area contributed by atoms with Crippen LogP contribution in [0.15, 0.2) is 15.8 Å². The van der Waals surface area contributed by atoms with Crippen LogP contribution in [0.25, 0.3) is 0 Å². The van der Waals surface area contributed by atoms with Gasteiger partial charge in [0.2, 0.25) is 0 Å². The van der Waals surface area contributed by atoms with Gasteiger partial charge in [-0.25, -0.2) is 4.79 Å². The Morgan fingerprint density at radius 1 is 1.40 bits per heavy atom. The topological polar surface area (TPSA) is 206 Å². The number of ether oxygens (including phenoxy) is 1. The molecule has 0 amide bonds. The van der Waals surface area contributed by atoms with Gasteiger partial charge in [-0.1, -0.05) is 0 Å². The zero-order valence-corrected chi connectivity index (χ0v) is 14.4. The smallest absolute Gasteiger partial charge is 0.330 e. The predicted molar refractivity (Wildman–Crippen MR) is 72.8 cm³/mol. The molecule has 0 spiro atoms. The first-order valence-electron chi connectivity index (χ1n) is 6.72.